The molecule has 0 fully saturated rings. The molecule has 0 aliphatic carbocycles. The zero-order valence-corrected chi connectivity index (χ0v) is 21.8. The molecule has 0 saturated carbocycles. The molecule has 194 valence electrons. The molecule has 37 heavy (non-hydrogen) atoms. The molecule has 0 bridgehead atoms. The molecule has 0 saturated heterocycles. The fourth-order valence-electron chi connectivity index (χ4n) is 4.41. The highest BCUT2D eigenvalue weighted by Gasteiger charge is 2.21. The Kier molecular flexibility index (Phi) is 9.97. The summed E-state index contributed by atoms with van der Waals surface area (Å²) in [4.78, 5) is 28.1. The van der Waals surface area contributed by atoms with Crippen LogP contribution in [0.1, 0.15) is 53.6 Å². The number of anilines is 1. The topological polar surface area (TPSA) is 70.7 Å². The summed E-state index contributed by atoms with van der Waals surface area (Å²) in [6, 6.07) is 22.4. The third-order valence-electron chi connectivity index (χ3n) is 6.46. The summed E-state index contributed by atoms with van der Waals surface area (Å²) in [5.74, 6) is 0.413. The average molecular weight is 520 g/mol. The molecule has 0 radical (unpaired) electrons. The van der Waals surface area contributed by atoms with Crippen molar-refractivity contribution < 1.29 is 14.3 Å². The van der Waals surface area contributed by atoms with E-state index in [1.807, 2.05) is 71.6 Å². The van der Waals surface area contributed by atoms with Gasteiger partial charge in [-0.2, -0.15) is 0 Å². The van der Waals surface area contributed by atoms with Crippen LogP contribution in [0.25, 0.3) is 0 Å². The van der Waals surface area contributed by atoms with Crippen LogP contribution in [0, 0.1) is 0 Å². The van der Waals surface area contributed by atoms with Crippen LogP contribution in [0.2, 0.25) is 5.02 Å². The van der Waals surface area contributed by atoms with Crippen LogP contribution >= 0.6 is 11.6 Å². The molecule has 6 nitrogen and oxygen atoms in total. The van der Waals surface area contributed by atoms with Gasteiger partial charge in [-0.1, -0.05) is 61.2 Å². The number of rotatable bonds is 6. The lowest BCUT2D eigenvalue weighted by atomic mass is 10.0. The van der Waals surface area contributed by atoms with E-state index in [2.05, 4.69) is 10.6 Å². The molecule has 0 spiro atoms. The number of para-hydroxylation sites is 1. The molecule has 0 unspecified atom stereocenters. The molecule has 3 aromatic rings. The average Bonchev–Trinajstić information content (AvgIpc) is 2.92. The molecule has 2 N–H and O–H groups in total. The lowest BCUT2D eigenvalue weighted by molar-refractivity contribution is -0.120. The predicted molar refractivity (Wildman–Crippen MR) is 148 cm³/mol. The Morgan fingerprint density at radius 3 is 2.49 bits per heavy atom. The second kappa shape index (κ2) is 13.8. The number of fused-ring (bicyclic) bond motifs is 1. The molecule has 3 aromatic carbocycles. The van der Waals surface area contributed by atoms with Gasteiger partial charge in [-0.15, -0.1) is 0 Å². The molecule has 0 atom stereocenters. The maximum atomic E-state index is 13.3. The summed E-state index contributed by atoms with van der Waals surface area (Å²) in [7, 11) is 0. The first kappa shape index (κ1) is 26.7. The van der Waals surface area contributed by atoms with Crippen molar-refractivity contribution in [3.63, 3.8) is 0 Å². The monoisotopic (exact) mass is 519 g/mol. The van der Waals surface area contributed by atoms with E-state index in [4.69, 9.17) is 16.3 Å². The minimum Gasteiger partial charge on any atom is -0.484 e. The molecular weight excluding hydrogens is 486 g/mol. The van der Waals surface area contributed by atoms with Gasteiger partial charge in [0, 0.05) is 35.9 Å². The van der Waals surface area contributed by atoms with Crippen LogP contribution in [-0.2, 0) is 17.9 Å². The Hall–Kier alpha value is -3.35. The highest BCUT2D eigenvalue weighted by atomic mass is 35.5. The molecule has 4 rings (SSSR count). The second-order valence-electron chi connectivity index (χ2n) is 9.24. The number of ether oxygens (including phenoxy) is 1. The smallest absolute Gasteiger partial charge is 0.264 e. The van der Waals surface area contributed by atoms with E-state index in [1.165, 1.54) is 0 Å². The van der Waals surface area contributed by atoms with Crippen molar-refractivity contribution in [2.45, 2.75) is 45.2 Å². The van der Waals surface area contributed by atoms with E-state index in [1.54, 1.807) is 6.07 Å². The van der Waals surface area contributed by atoms with Gasteiger partial charge < -0.3 is 20.3 Å². The number of amides is 2. The van der Waals surface area contributed by atoms with Gasteiger partial charge in [0.05, 0.1) is 0 Å². The summed E-state index contributed by atoms with van der Waals surface area (Å²) >= 11 is 5.96. The number of carbonyl (C=O) groups excluding carboxylic acids is 2. The molecule has 1 heterocycles. The van der Waals surface area contributed by atoms with Gasteiger partial charge in [-0.25, -0.2) is 0 Å². The Morgan fingerprint density at radius 2 is 1.68 bits per heavy atom. The first-order valence-corrected chi connectivity index (χ1v) is 13.3. The quantitative estimate of drug-likeness (QED) is 0.436. The van der Waals surface area contributed by atoms with Crippen molar-refractivity contribution >= 4 is 29.1 Å². The third-order valence-corrected chi connectivity index (χ3v) is 6.71. The second-order valence-corrected chi connectivity index (χ2v) is 9.68. The van der Waals surface area contributed by atoms with Gasteiger partial charge in [0.25, 0.3) is 11.8 Å². The van der Waals surface area contributed by atoms with Crippen LogP contribution in [0.15, 0.2) is 72.8 Å². The van der Waals surface area contributed by atoms with Gasteiger partial charge >= 0.3 is 0 Å². The van der Waals surface area contributed by atoms with Crippen molar-refractivity contribution in [3.8, 4) is 5.75 Å². The Morgan fingerprint density at radius 1 is 0.919 bits per heavy atom. The minimum absolute atomic E-state index is 0.0415. The molecule has 0 aromatic heterocycles. The van der Waals surface area contributed by atoms with Gasteiger partial charge in [-0.05, 0) is 73.0 Å². The van der Waals surface area contributed by atoms with Gasteiger partial charge in [0.2, 0.25) is 0 Å². The molecule has 7 heteroatoms. The van der Waals surface area contributed by atoms with E-state index in [0.29, 0.717) is 36.0 Å². The summed E-state index contributed by atoms with van der Waals surface area (Å²) in [5.41, 5.74) is 3.28. The number of halogens is 1. The van der Waals surface area contributed by atoms with E-state index in [-0.39, 0.29) is 18.4 Å². The molecule has 1 aliphatic heterocycles. The van der Waals surface area contributed by atoms with Crippen molar-refractivity contribution in [2.75, 3.05) is 24.6 Å². The van der Waals surface area contributed by atoms with Crippen LogP contribution < -0.4 is 20.3 Å². The minimum atomic E-state index is -0.158. The van der Waals surface area contributed by atoms with E-state index >= 15 is 0 Å². The highest BCUT2D eigenvalue weighted by molar-refractivity contribution is 6.30. The first-order valence-electron chi connectivity index (χ1n) is 12.9. The van der Waals surface area contributed by atoms with Gasteiger partial charge in [0.1, 0.15) is 5.75 Å². The lowest BCUT2D eigenvalue weighted by Crippen LogP contribution is -2.37. The number of carbonyl (C=O) groups is 2. The number of hydrogen-bond donors (Lipinski definition) is 2. The fourth-order valence-corrected chi connectivity index (χ4v) is 4.54. The molecule has 2 amide bonds. The van der Waals surface area contributed by atoms with Crippen LogP contribution in [-0.4, -0.2) is 31.5 Å². The van der Waals surface area contributed by atoms with E-state index in [9.17, 15) is 9.59 Å². The summed E-state index contributed by atoms with van der Waals surface area (Å²) in [6.07, 6.45) is 5.43. The summed E-state index contributed by atoms with van der Waals surface area (Å²) in [6.45, 7) is 2.47. The standard InChI is InChI=1S/C30H34ClN3O3/c31-26-14-11-23(12-15-26)20-33-30(36)24-13-16-28-25(19-24)21-32-17-7-2-1-3-8-18-34(28)29(35)22-37-27-9-5-4-6-10-27/h4-6,9-16,19,32H,1-3,7-8,17-18,20-22H2,(H,33,36). The number of hydrogen-bond acceptors (Lipinski definition) is 4. The SMILES string of the molecule is O=C(NCc1ccc(Cl)cc1)c1ccc2c(c1)CNCCCCCCCN2C(=O)COc1ccccc1. The third kappa shape index (κ3) is 8.07. The maximum absolute atomic E-state index is 13.3. The predicted octanol–water partition coefficient (Wildman–Crippen LogP) is 5.74. The number of benzene rings is 3. The van der Waals surface area contributed by atoms with Crippen LogP contribution in [0.3, 0.4) is 0 Å². The fraction of sp³-hybridized carbons (Fsp3) is 0.333. The summed E-state index contributed by atoms with van der Waals surface area (Å²) < 4.78 is 5.77. The van der Waals surface area contributed by atoms with Crippen molar-refractivity contribution in [2.24, 2.45) is 0 Å². The number of nitrogens with one attached hydrogen (secondary N) is 2. The van der Waals surface area contributed by atoms with E-state index < -0.39 is 0 Å². The normalized spacial score (nSPS) is 14.6. The van der Waals surface area contributed by atoms with Crippen molar-refractivity contribution in [1.29, 1.82) is 0 Å². The maximum Gasteiger partial charge on any atom is 0.264 e. The van der Waals surface area contributed by atoms with E-state index in [0.717, 1.165) is 55.5 Å². The Labute approximate surface area is 224 Å². The molecule has 1 aliphatic rings. The number of nitrogens with zero attached hydrogens (tertiary/aromatic N) is 1. The van der Waals surface area contributed by atoms with Crippen LogP contribution in [0.5, 0.6) is 5.75 Å². The summed E-state index contributed by atoms with van der Waals surface area (Å²) in [5, 5.41) is 7.13. The van der Waals surface area contributed by atoms with Gasteiger partial charge in [-0.3, -0.25) is 9.59 Å². The van der Waals surface area contributed by atoms with Crippen LogP contribution in [0.4, 0.5) is 5.69 Å². The molecular formula is C30H34ClN3O3. The zero-order chi connectivity index (χ0) is 25.9. The lowest BCUT2D eigenvalue weighted by Gasteiger charge is -2.26. The highest BCUT2D eigenvalue weighted by Crippen LogP contribution is 2.25. The Balaban J connectivity index is 1.52. The Bertz CT molecular complexity index is 1170. The largest absolute Gasteiger partial charge is 0.484 e. The van der Waals surface area contributed by atoms with Crippen molar-refractivity contribution in [3.05, 3.63) is 94.5 Å². The van der Waals surface area contributed by atoms with Gasteiger partial charge in [0.15, 0.2) is 6.61 Å². The van der Waals surface area contributed by atoms with Crippen molar-refractivity contribution in [1.82, 2.24) is 10.6 Å². The zero-order valence-electron chi connectivity index (χ0n) is 21.0. The first-order chi connectivity index (χ1) is 18.1.